The fourth-order valence-electron chi connectivity index (χ4n) is 3.06. The predicted octanol–water partition coefficient (Wildman–Crippen LogP) is 3.70. The monoisotopic (exact) mass is 458 g/mol. The van der Waals surface area contributed by atoms with Gasteiger partial charge in [-0.25, -0.2) is 18.8 Å². The molecule has 0 fully saturated rings. The van der Waals surface area contributed by atoms with Gasteiger partial charge in [0.15, 0.2) is 23.7 Å². The standard InChI is InChI=1S/C20H19F5N4O3/c1-18(22)9-32-17(26)29-19(18,2)12-8-11(5-6-13(12)21)28-16(30)15-14(4-3-7-27-15)31-10-20(23,24)25/h3-8H,9-10H2,1-2H3,(H2,26,29)(H,28,30)/t18-,19+/m0/s1. The molecule has 2 aromatic rings. The van der Waals surface area contributed by atoms with E-state index >= 15 is 4.39 Å². The molecule has 1 aliphatic heterocycles. The van der Waals surface area contributed by atoms with Crippen LogP contribution in [0, 0.1) is 5.82 Å². The number of nitrogens with zero attached hydrogens (tertiary/aromatic N) is 2. The van der Waals surface area contributed by atoms with Crippen LogP contribution in [0.5, 0.6) is 5.75 Å². The summed E-state index contributed by atoms with van der Waals surface area (Å²) in [5, 5.41) is 2.40. The average molecular weight is 458 g/mol. The average Bonchev–Trinajstić information content (AvgIpc) is 2.70. The summed E-state index contributed by atoms with van der Waals surface area (Å²) in [6.45, 7) is 0.414. The van der Waals surface area contributed by atoms with E-state index in [4.69, 9.17) is 10.5 Å². The Morgan fingerprint density at radius 1 is 1.31 bits per heavy atom. The van der Waals surface area contributed by atoms with Crippen molar-refractivity contribution in [1.29, 1.82) is 0 Å². The van der Waals surface area contributed by atoms with Crippen molar-refractivity contribution in [3.63, 3.8) is 0 Å². The summed E-state index contributed by atoms with van der Waals surface area (Å²) in [7, 11) is 0. The maximum Gasteiger partial charge on any atom is 0.422 e. The van der Waals surface area contributed by atoms with Crippen molar-refractivity contribution in [2.45, 2.75) is 31.2 Å². The van der Waals surface area contributed by atoms with Gasteiger partial charge in [0.1, 0.15) is 18.0 Å². The van der Waals surface area contributed by atoms with Gasteiger partial charge in [-0.3, -0.25) is 4.79 Å². The normalized spacial score (nSPS) is 23.2. The van der Waals surface area contributed by atoms with Crippen LogP contribution in [0.1, 0.15) is 29.9 Å². The highest BCUT2D eigenvalue weighted by molar-refractivity contribution is 6.04. The largest absolute Gasteiger partial charge is 0.482 e. The number of anilines is 1. The van der Waals surface area contributed by atoms with Crippen LogP contribution in [-0.4, -0.2) is 42.0 Å². The van der Waals surface area contributed by atoms with E-state index in [2.05, 4.69) is 20.0 Å². The summed E-state index contributed by atoms with van der Waals surface area (Å²) in [6.07, 6.45) is -3.42. The number of pyridine rings is 1. The van der Waals surface area contributed by atoms with Gasteiger partial charge in [-0.05, 0) is 44.2 Å². The molecule has 1 aromatic carbocycles. The molecule has 1 amide bonds. The number of aromatic nitrogens is 1. The van der Waals surface area contributed by atoms with E-state index in [-0.39, 0.29) is 17.3 Å². The molecular weight excluding hydrogens is 439 g/mol. The van der Waals surface area contributed by atoms with Crippen molar-refractivity contribution in [1.82, 2.24) is 4.98 Å². The first-order valence-electron chi connectivity index (χ1n) is 9.25. The Bertz CT molecular complexity index is 1060. The third-order valence-electron chi connectivity index (χ3n) is 4.97. The molecule has 0 bridgehead atoms. The summed E-state index contributed by atoms with van der Waals surface area (Å²) in [4.78, 5) is 20.3. The number of carbonyl (C=O) groups is 1. The molecule has 0 saturated heterocycles. The Morgan fingerprint density at radius 2 is 2.03 bits per heavy atom. The number of hydrogen-bond acceptors (Lipinski definition) is 6. The number of alkyl halides is 4. The summed E-state index contributed by atoms with van der Waals surface area (Å²) >= 11 is 0. The first-order valence-corrected chi connectivity index (χ1v) is 9.25. The number of carbonyl (C=O) groups excluding carboxylic acids is 1. The second-order valence-corrected chi connectivity index (χ2v) is 7.41. The zero-order valence-electron chi connectivity index (χ0n) is 17.0. The molecule has 3 rings (SSSR count). The minimum atomic E-state index is -4.62. The van der Waals surface area contributed by atoms with Gasteiger partial charge in [0.25, 0.3) is 11.9 Å². The first kappa shape index (κ1) is 23.2. The van der Waals surface area contributed by atoms with Gasteiger partial charge in [-0.15, -0.1) is 0 Å². The third-order valence-corrected chi connectivity index (χ3v) is 4.97. The Morgan fingerprint density at radius 3 is 2.72 bits per heavy atom. The second-order valence-electron chi connectivity index (χ2n) is 7.41. The maximum absolute atomic E-state index is 15.2. The number of ether oxygens (including phenoxy) is 2. The lowest BCUT2D eigenvalue weighted by molar-refractivity contribution is -0.153. The van der Waals surface area contributed by atoms with Gasteiger partial charge in [-0.1, -0.05) is 0 Å². The highest BCUT2D eigenvalue weighted by Crippen LogP contribution is 2.43. The van der Waals surface area contributed by atoms with E-state index in [0.29, 0.717) is 0 Å². The second kappa shape index (κ2) is 8.24. The third kappa shape index (κ3) is 4.73. The molecular formula is C20H19F5N4O3. The van der Waals surface area contributed by atoms with Crippen LogP contribution in [0.25, 0.3) is 0 Å². The molecule has 0 spiro atoms. The lowest BCUT2D eigenvalue weighted by atomic mass is 9.78. The summed E-state index contributed by atoms with van der Waals surface area (Å²) in [6, 6.07) is 5.48. The SMILES string of the molecule is C[C@]1(F)COC(N)=N[C@]1(C)c1cc(NC(=O)c2ncccc2OCC(F)(F)F)ccc1F. The molecule has 2 atom stereocenters. The van der Waals surface area contributed by atoms with Crippen LogP contribution in [0.4, 0.5) is 27.6 Å². The number of nitrogens with two attached hydrogens (primary N) is 1. The van der Waals surface area contributed by atoms with Crippen molar-refractivity contribution < 1.29 is 36.2 Å². The highest BCUT2D eigenvalue weighted by atomic mass is 19.4. The summed E-state index contributed by atoms with van der Waals surface area (Å²) in [5.41, 5.74) is 1.04. The quantitative estimate of drug-likeness (QED) is 0.666. The topological polar surface area (TPSA) is 98.8 Å². The molecule has 0 aliphatic carbocycles. The van der Waals surface area contributed by atoms with Crippen molar-refractivity contribution >= 4 is 17.6 Å². The highest BCUT2D eigenvalue weighted by Gasteiger charge is 2.52. The zero-order chi connectivity index (χ0) is 23.7. The Labute approximate surface area is 179 Å². The van der Waals surface area contributed by atoms with E-state index in [0.717, 1.165) is 18.2 Å². The molecule has 1 aliphatic rings. The van der Waals surface area contributed by atoms with Gasteiger partial charge in [0, 0.05) is 17.4 Å². The fourth-order valence-corrected chi connectivity index (χ4v) is 3.06. The number of nitrogens with one attached hydrogen (secondary N) is 1. The lowest BCUT2D eigenvalue weighted by Crippen LogP contribution is -2.52. The molecule has 0 radical (unpaired) electrons. The number of benzene rings is 1. The van der Waals surface area contributed by atoms with Crippen LogP contribution >= 0.6 is 0 Å². The van der Waals surface area contributed by atoms with Gasteiger partial charge >= 0.3 is 6.18 Å². The maximum atomic E-state index is 15.2. The summed E-state index contributed by atoms with van der Waals surface area (Å²) in [5.74, 6) is -2.11. The van der Waals surface area contributed by atoms with Gasteiger partial charge in [0.2, 0.25) is 0 Å². The fraction of sp³-hybridized carbons (Fsp3) is 0.350. The number of hydrogen-bond donors (Lipinski definition) is 2. The Balaban J connectivity index is 1.91. The molecule has 32 heavy (non-hydrogen) atoms. The van der Waals surface area contributed by atoms with Crippen molar-refractivity contribution in [2.75, 3.05) is 18.5 Å². The molecule has 12 heteroatoms. The number of amidine groups is 1. The minimum Gasteiger partial charge on any atom is -0.482 e. The molecule has 7 nitrogen and oxygen atoms in total. The Kier molecular flexibility index (Phi) is 5.98. The number of aliphatic imine (C=N–C) groups is 1. The number of rotatable bonds is 5. The summed E-state index contributed by atoms with van der Waals surface area (Å²) < 4.78 is 76.8. The van der Waals surface area contributed by atoms with E-state index in [1.165, 1.54) is 32.2 Å². The zero-order valence-corrected chi connectivity index (χ0v) is 17.0. The van der Waals surface area contributed by atoms with Crippen molar-refractivity contribution in [3.8, 4) is 5.75 Å². The lowest BCUT2D eigenvalue weighted by Gasteiger charge is -2.40. The van der Waals surface area contributed by atoms with Crippen LogP contribution in [0.15, 0.2) is 41.5 Å². The van der Waals surface area contributed by atoms with E-state index in [1.807, 2.05) is 0 Å². The van der Waals surface area contributed by atoms with Crippen LogP contribution in [-0.2, 0) is 10.3 Å². The van der Waals surface area contributed by atoms with E-state index < -0.39 is 53.8 Å². The molecule has 2 heterocycles. The van der Waals surface area contributed by atoms with Gasteiger partial charge in [-0.2, -0.15) is 13.2 Å². The first-order chi connectivity index (χ1) is 14.8. The van der Waals surface area contributed by atoms with Crippen LogP contribution < -0.4 is 15.8 Å². The van der Waals surface area contributed by atoms with Crippen LogP contribution in [0.3, 0.4) is 0 Å². The van der Waals surface area contributed by atoms with E-state index in [9.17, 15) is 22.4 Å². The number of halogens is 5. The van der Waals surface area contributed by atoms with Gasteiger partial charge < -0.3 is 20.5 Å². The number of amides is 1. The van der Waals surface area contributed by atoms with Crippen molar-refractivity contribution in [3.05, 3.63) is 53.6 Å². The van der Waals surface area contributed by atoms with Crippen molar-refractivity contribution in [2.24, 2.45) is 10.7 Å². The molecule has 172 valence electrons. The smallest absolute Gasteiger partial charge is 0.422 e. The minimum absolute atomic E-state index is 0.0242. The van der Waals surface area contributed by atoms with Gasteiger partial charge in [0.05, 0.1) is 0 Å². The molecule has 0 unspecified atom stereocenters. The molecule has 3 N–H and O–H groups in total. The van der Waals surface area contributed by atoms with E-state index in [1.54, 1.807) is 0 Å². The predicted molar refractivity (Wildman–Crippen MR) is 105 cm³/mol. The molecule has 0 saturated carbocycles. The molecule has 1 aromatic heterocycles. The Hall–Kier alpha value is -3.44. The van der Waals surface area contributed by atoms with Crippen LogP contribution in [0.2, 0.25) is 0 Å².